The number of ether oxygens (including phenoxy) is 1. The van der Waals surface area contributed by atoms with Gasteiger partial charge in [0.2, 0.25) is 0 Å². The van der Waals surface area contributed by atoms with E-state index >= 15 is 0 Å². The number of anilines is 1. The molecule has 0 fully saturated rings. The third-order valence-electron chi connectivity index (χ3n) is 2.64. The molecule has 4 nitrogen and oxygen atoms in total. The summed E-state index contributed by atoms with van der Waals surface area (Å²) in [4.78, 5) is 11.7. The fraction of sp³-hybridized carbons (Fsp3) is 0.133. The number of rotatable bonds is 5. The van der Waals surface area contributed by atoms with E-state index in [0.29, 0.717) is 17.5 Å². The quantitative estimate of drug-likeness (QED) is 0.657. The highest BCUT2D eigenvalue weighted by Crippen LogP contribution is 2.14. The van der Waals surface area contributed by atoms with Gasteiger partial charge in [-0.25, -0.2) is 8.78 Å². The van der Waals surface area contributed by atoms with Crippen LogP contribution < -0.4 is 15.8 Å². The SMILES string of the molecule is Nc1cccc(OCCNC(=O)c2cc(F)cc(F)c2)c1. The van der Waals surface area contributed by atoms with Crippen molar-refractivity contribution in [3.05, 3.63) is 59.7 Å². The number of hydrogen-bond acceptors (Lipinski definition) is 3. The van der Waals surface area contributed by atoms with Crippen LogP contribution in [0, 0.1) is 11.6 Å². The monoisotopic (exact) mass is 292 g/mol. The van der Waals surface area contributed by atoms with Crippen molar-refractivity contribution in [2.75, 3.05) is 18.9 Å². The fourth-order valence-electron chi connectivity index (χ4n) is 1.72. The molecule has 0 heterocycles. The van der Waals surface area contributed by atoms with Crippen LogP contribution >= 0.6 is 0 Å². The topological polar surface area (TPSA) is 64.3 Å². The van der Waals surface area contributed by atoms with Gasteiger partial charge in [-0.2, -0.15) is 0 Å². The predicted molar refractivity (Wildman–Crippen MR) is 75.0 cm³/mol. The van der Waals surface area contributed by atoms with Gasteiger partial charge in [-0.1, -0.05) is 6.07 Å². The number of benzene rings is 2. The molecule has 6 heteroatoms. The summed E-state index contributed by atoms with van der Waals surface area (Å²) in [6.07, 6.45) is 0. The first-order chi connectivity index (χ1) is 10.0. The lowest BCUT2D eigenvalue weighted by atomic mass is 10.2. The molecule has 0 saturated heterocycles. The van der Waals surface area contributed by atoms with E-state index in [2.05, 4.69) is 5.32 Å². The maximum Gasteiger partial charge on any atom is 0.251 e. The van der Waals surface area contributed by atoms with Crippen LogP contribution in [0.2, 0.25) is 0 Å². The molecule has 3 N–H and O–H groups in total. The van der Waals surface area contributed by atoms with E-state index in [4.69, 9.17) is 10.5 Å². The minimum atomic E-state index is -0.795. The Kier molecular flexibility index (Phi) is 4.71. The van der Waals surface area contributed by atoms with Crippen molar-refractivity contribution in [1.82, 2.24) is 5.32 Å². The second kappa shape index (κ2) is 6.69. The number of halogens is 2. The van der Waals surface area contributed by atoms with E-state index in [9.17, 15) is 13.6 Å². The van der Waals surface area contributed by atoms with Gasteiger partial charge in [-0.3, -0.25) is 4.79 Å². The van der Waals surface area contributed by atoms with Gasteiger partial charge in [0.05, 0.1) is 6.54 Å². The Balaban J connectivity index is 1.82. The van der Waals surface area contributed by atoms with E-state index < -0.39 is 17.5 Å². The summed E-state index contributed by atoms with van der Waals surface area (Å²) in [5.41, 5.74) is 6.10. The zero-order valence-electron chi connectivity index (χ0n) is 11.1. The summed E-state index contributed by atoms with van der Waals surface area (Å²) in [6, 6.07) is 9.52. The van der Waals surface area contributed by atoms with Crippen LogP contribution in [0.15, 0.2) is 42.5 Å². The number of nitrogens with one attached hydrogen (secondary N) is 1. The molecule has 0 radical (unpaired) electrons. The molecular weight excluding hydrogens is 278 g/mol. The van der Waals surface area contributed by atoms with Crippen LogP contribution in [0.4, 0.5) is 14.5 Å². The second-order valence-corrected chi connectivity index (χ2v) is 4.33. The molecule has 0 aliphatic heterocycles. The molecule has 2 aromatic rings. The van der Waals surface area contributed by atoms with Gasteiger partial charge >= 0.3 is 0 Å². The van der Waals surface area contributed by atoms with Crippen molar-refractivity contribution >= 4 is 11.6 Å². The number of carbonyl (C=O) groups is 1. The summed E-state index contributed by atoms with van der Waals surface area (Å²) in [7, 11) is 0. The molecular formula is C15H14F2N2O2. The van der Waals surface area contributed by atoms with Crippen LogP contribution in [0.3, 0.4) is 0 Å². The van der Waals surface area contributed by atoms with Gasteiger partial charge in [-0.05, 0) is 24.3 Å². The number of carbonyl (C=O) groups excluding carboxylic acids is 1. The van der Waals surface area contributed by atoms with E-state index in [1.165, 1.54) is 0 Å². The maximum atomic E-state index is 13.0. The highest BCUT2D eigenvalue weighted by molar-refractivity contribution is 5.94. The van der Waals surface area contributed by atoms with Crippen LogP contribution in [0.5, 0.6) is 5.75 Å². The van der Waals surface area contributed by atoms with Crippen molar-refractivity contribution in [3.63, 3.8) is 0 Å². The number of nitrogens with two attached hydrogens (primary N) is 1. The summed E-state index contributed by atoms with van der Waals surface area (Å²) in [6.45, 7) is 0.415. The van der Waals surface area contributed by atoms with Crippen molar-refractivity contribution in [1.29, 1.82) is 0 Å². The highest BCUT2D eigenvalue weighted by Gasteiger charge is 2.08. The van der Waals surface area contributed by atoms with Crippen LogP contribution in [0.25, 0.3) is 0 Å². The zero-order valence-corrected chi connectivity index (χ0v) is 11.1. The molecule has 1 amide bonds. The summed E-state index contributed by atoms with van der Waals surface area (Å²) < 4.78 is 31.3. The van der Waals surface area contributed by atoms with Gasteiger partial charge in [0.1, 0.15) is 24.0 Å². The molecule has 0 saturated carbocycles. The van der Waals surface area contributed by atoms with Crippen molar-refractivity contribution in [3.8, 4) is 5.75 Å². The molecule has 0 aliphatic rings. The summed E-state index contributed by atoms with van der Waals surface area (Å²) in [5.74, 6) is -1.57. The average molecular weight is 292 g/mol. The lowest BCUT2D eigenvalue weighted by Crippen LogP contribution is -2.28. The first-order valence-corrected chi connectivity index (χ1v) is 6.27. The molecule has 0 aromatic heterocycles. The third-order valence-corrected chi connectivity index (χ3v) is 2.64. The van der Waals surface area contributed by atoms with Gasteiger partial charge in [0, 0.05) is 23.4 Å². The molecule has 0 bridgehead atoms. The molecule has 2 aromatic carbocycles. The highest BCUT2D eigenvalue weighted by atomic mass is 19.1. The van der Waals surface area contributed by atoms with Crippen LogP contribution in [-0.4, -0.2) is 19.1 Å². The van der Waals surface area contributed by atoms with E-state index in [0.717, 1.165) is 12.1 Å². The van der Waals surface area contributed by atoms with E-state index in [1.807, 2.05) is 0 Å². The van der Waals surface area contributed by atoms with Crippen molar-refractivity contribution in [2.45, 2.75) is 0 Å². The van der Waals surface area contributed by atoms with Crippen LogP contribution in [-0.2, 0) is 0 Å². The van der Waals surface area contributed by atoms with Crippen LogP contribution in [0.1, 0.15) is 10.4 Å². The minimum absolute atomic E-state index is 0.0727. The molecule has 2 rings (SSSR count). The Morgan fingerprint density at radius 1 is 1.14 bits per heavy atom. The molecule has 110 valence electrons. The van der Waals surface area contributed by atoms with Crippen molar-refractivity contribution in [2.24, 2.45) is 0 Å². The number of hydrogen-bond donors (Lipinski definition) is 2. The Morgan fingerprint density at radius 2 is 1.86 bits per heavy atom. The lowest BCUT2D eigenvalue weighted by Gasteiger charge is -2.08. The Morgan fingerprint density at radius 3 is 2.52 bits per heavy atom. The normalized spacial score (nSPS) is 10.2. The molecule has 0 atom stereocenters. The first kappa shape index (κ1) is 14.8. The molecule has 0 aliphatic carbocycles. The molecule has 0 spiro atoms. The standard InChI is InChI=1S/C15H14F2N2O2/c16-11-6-10(7-12(17)8-11)15(20)19-4-5-21-14-3-1-2-13(18)9-14/h1-3,6-9H,4-5,18H2,(H,19,20). The Bertz CT molecular complexity index is 627. The number of amides is 1. The third kappa shape index (κ3) is 4.45. The van der Waals surface area contributed by atoms with Gasteiger partial charge in [-0.15, -0.1) is 0 Å². The first-order valence-electron chi connectivity index (χ1n) is 6.27. The van der Waals surface area contributed by atoms with Gasteiger partial charge < -0.3 is 15.8 Å². The average Bonchev–Trinajstić information content (AvgIpc) is 2.42. The van der Waals surface area contributed by atoms with E-state index in [1.54, 1.807) is 24.3 Å². The number of nitrogen functional groups attached to an aromatic ring is 1. The molecule has 21 heavy (non-hydrogen) atoms. The summed E-state index contributed by atoms with van der Waals surface area (Å²) in [5, 5.41) is 2.51. The second-order valence-electron chi connectivity index (χ2n) is 4.33. The summed E-state index contributed by atoms with van der Waals surface area (Å²) >= 11 is 0. The minimum Gasteiger partial charge on any atom is -0.492 e. The van der Waals surface area contributed by atoms with Crippen molar-refractivity contribution < 1.29 is 18.3 Å². The smallest absolute Gasteiger partial charge is 0.251 e. The largest absolute Gasteiger partial charge is 0.492 e. The van der Waals surface area contributed by atoms with E-state index in [-0.39, 0.29) is 18.7 Å². The van der Waals surface area contributed by atoms with Gasteiger partial charge in [0.25, 0.3) is 5.91 Å². The zero-order chi connectivity index (χ0) is 15.2. The van der Waals surface area contributed by atoms with Gasteiger partial charge in [0.15, 0.2) is 0 Å². The maximum absolute atomic E-state index is 13.0. The Labute approximate surface area is 120 Å². The predicted octanol–water partition coefficient (Wildman–Crippen LogP) is 2.36. The Hall–Kier alpha value is -2.63. The fourth-order valence-corrected chi connectivity index (χ4v) is 1.72. The lowest BCUT2D eigenvalue weighted by molar-refractivity contribution is 0.0946. The molecule has 0 unspecified atom stereocenters.